The number of benzene rings is 1. The van der Waals surface area contributed by atoms with Crippen LogP contribution in [-0.2, 0) is 9.24 Å². The first-order chi connectivity index (χ1) is 5.17. The second kappa shape index (κ2) is 3.15. The highest BCUT2D eigenvalue weighted by molar-refractivity contribution is 7.61. The van der Waals surface area contributed by atoms with E-state index in [1.165, 1.54) is 12.1 Å². The second-order valence-electron chi connectivity index (χ2n) is 1.94. The molecule has 0 fully saturated rings. The molecule has 0 spiro atoms. The summed E-state index contributed by atoms with van der Waals surface area (Å²) in [6.45, 7) is 0. The summed E-state index contributed by atoms with van der Waals surface area (Å²) in [5.41, 5.74) is 0. The van der Waals surface area contributed by atoms with Gasteiger partial charge in [-0.3, -0.25) is 4.57 Å². The van der Waals surface area contributed by atoms with Crippen LogP contribution in [0.15, 0.2) is 30.3 Å². The van der Waals surface area contributed by atoms with Crippen LogP contribution in [0, 0.1) is 0 Å². The van der Waals surface area contributed by atoms with Crippen LogP contribution >= 0.6 is 7.60 Å². The summed E-state index contributed by atoms with van der Waals surface area (Å²) in [5.74, 6) is 0. The van der Waals surface area contributed by atoms with E-state index in [2.05, 4.69) is 4.67 Å². The van der Waals surface area contributed by atoms with E-state index in [4.69, 9.17) is 10.2 Å². The topological polar surface area (TPSA) is 66.8 Å². The second-order valence-corrected chi connectivity index (χ2v) is 3.66. The van der Waals surface area contributed by atoms with E-state index >= 15 is 0 Å². The maximum absolute atomic E-state index is 10.9. The molecule has 60 valence electrons. The standard InChI is InChI=1S/C6H7O4P/c7-10-11(8,9)6-4-2-1-3-5-6/h1-5,7H,(H,8,9). The molecule has 0 saturated carbocycles. The third kappa shape index (κ3) is 1.88. The van der Waals surface area contributed by atoms with Crippen LogP contribution in [0.4, 0.5) is 0 Å². The van der Waals surface area contributed by atoms with Gasteiger partial charge in [-0.1, -0.05) is 18.2 Å². The monoisotopic (exact) mass is 174 g/mol. The lowest BCUT2D eigenvalue weighted by atomic mass is 10.4. The summed E-state index contributed by atoms with van der Waals surface area (Å²) in [4.78, 5) is 8.88. The van der Waals surface area contributed by atoms with Gasteiger partial charge in [0.25, 0.3) is 0 Å². The van der Waals surface area contributed by atoms with Crippen LogP contribution < -0.4 is 5.30 Å². The van der Waals surface area contributed by atoms with Crippen LogP contribution in [0.5, 0.6) is 0 Å². The first-order valence-electron chi connectivity index (χ1n) is 2.88. The van der Waals surface area contributed by atoms with Crippen molar-refractivity contribution in [3.8, 4) is 0 Å². The van der Waals surface area contributed by atoms with Crippen molar-refractivity contribution in [1.29, 1.82) is 0 Å². The lowest BCUT2D eigenvalue weighted by molar-refractivity contribution is -0.143. The zero-order chi connectivity index (χ0) is 8.32. The van der Waals surface area contributed by atoms with Crippen molar-refractivity contribution in [3.63, 3.8) is 0 Å². The van der Waals surface area contributed by atoms with Crippen molar-refractivity contribution in [1.82, 2.24) is 0 Å². The Kier molecular flexibility index (Phi) is 2.42. The molecular weight excluding hydrogens is 167 g/mol. The van der Waals surface area contributed by atoms with E-state index in [1.54, 1.807) is 18.2 Å². The molecule has 0 aromatic heterocycles. The molecule has 0 saturated heterocycles. The van der Waals surface area contributed by atoms with Crippen LogP contribution in [0.3, 0.4) is 0 Å². The van der Waals surface area contributed by atoms with E-state index in [-0.39, 0.29) is 5.30 Å². The third-order valence-electron chi connectivity index (χ3n) is 1.19. The molecule has 1 aromatic carbocycles. The van der Waals surface area contributed by atoms with Gasteiger partial charge in [-0.15, -0.1) is 4.67 Å². The van der Waals surface area contributed by atoms with Crippen LogP contribution in [-0.4, -0.2) is 10.2 Å². The minimum Gasteiger partial charge on any atom is -0.319 e. The molecule has 1 unspecified atom stereocenters. The zero-order valence-electron chi connectivity index (χ0n) is 5.54. The van der Waals surface area contributed by atoms with Gasteiger partial charge in [0.05, 0.1) is 5.30 Å². The Hall–Kier alpha value is -0.670. The molecule has 0 bridgehead atoms. The summed E-state index contributed by atoms with van der Waals surface area (Å²) < 4.78 is 14.3. The summed E-state index contributed by atoms with van der Waals surface area (Å²) in [6, 6.07) is 7.66. The molecule has 5 heteroatoms. The zero-order valence-corrected chi connectivity index (χ0v) is 6.44. The molecule has 11 heavy (non-hydrogen) atoms. The van der Waals surface area contributed by atoms with Crippen molar-refractivity contribution in [2.75, 3.05) is 0 Å². The molecule has 2 N–H and O–H groups in total. The molecule has 0 radical (unpaired) electrons. The Morgan fingerprint density at radius 3 is 2.27 bits per heavy atom. The van der Waals surface area contributed by atoms with E-state index < -0.39 is 7.60 Å². The normalized spacial score (nSPS) is 15.8. The highest BCUT2D eigenvalue weighted by atomic mass is 31.2. The maximum atomic E-state index is 10.9. The van der Waals surface area contributed by atoms with Crippen molar-refractivity contribution in [2.45, 2.75) is 0 Å². The molecule has 0 aliphatic carbocycles. The SMILES string of the molecule is O=P(O)(OO)c1ccccc1. The van der Waals surface area contributed by atoms with Crippen molar-refractivity contribution < 1.29 is 19.4 Å². The minimum atomic E-state index is -3.97. The summed E-state index contributed by atoms with van der Waals surface area (Å²) in [6.07, 6.45) is 0. The van der Waals surface area contributed by atoms with Crippen LogP contribution in [0.25, 0.3) is 0 Å². The lowest BCUT2D eigenvalue weighted by Crippen LogP contribution is -2.04. The highest BCUT2D eigenvalue weighted by Gasteiger charge is 2.21. The molecular formula is C6H7O4P. The highest BCUT2D eigenvalue weighted by Crippen LogP contribution is 2.38. The van der Waals surface area contributed by atoms with Gasteiger partial charge in [0, 0.05) is 0 Å². The molecule has 0 heterocycles. The van der Waals surface area contributed by atoms with Crippen LogP contribution in [0.2, 0.25) is 0 Å². The van der Waals surface area contributed by atoms with E-state index in [9.17, 15) is 4.57 Å². The molecule has 0 amide bonds. The lowest BCUT2D eigenvalue weighted by Gasteiger charge is -2.04. The van der Waals surface area contributed by atoms with Crippen molar-refractivity contribution in [3.05, 3.63) is 30.3 Å². The summed E-state index contributed by atoms with van der Waals surface area (Å²) in [7, 11) is -3.97. The fraction of sp³-hybridized carbons (Fsp3) is 0. The Balaban J connectivity index is 3.03. The largest absolute Gasteiger partial charge is 0.385 e. The van der Waals surface area contributed by atoms with E-state index in [0.29, 0.717) is 0 Å². The van der Waals surface area contributed by atoms with Crippen LogP contribution in [0.1, 0.15) is 0 Å². The third-order valence-corrected chi connectivity index (χ3v) is 2.37. The molecule has 1 aromatic rings. The maximum Gasteiger partial charge on any atom is 0.385 e. The van der Waals surface area contributed by atoms with Gasteiger partial charge in [-0.2, -0.15) is 0 Å². The Labute approximate surface area is 63.5 Å². The number of hydrogen-bond acceptors (Lipinski definition) is 3. The van der Waals surface area contributed by atoms with Gasteiger partial charge in [-0.05, 0) is 12.1 Å². The van der Waals surface area contributed by atoms with Gasteiger partial charge < -0.3 is 4.89 Å². The first-order valence-corrected chi connectivity index (χ1v) is 4.46. The van der Waals surface area contributed by atoms with Gasteiger partial charge in [0.1, 0.15) is 0 Å². The summed E-state index contributed by atoms with van der Waals surface area (Å²) in [5, 5.41) is 8.11. The number of rotatable bonds is 2. The van der Waals surface area contributed by atoms with Gasteiger partial charge in [0.15, 0.2) is 0 Å². The molecule has 4 nitrogen and oxygen atoms in total. The molecule has 1 rings (SSSR count). The van der Waals surface area contributed by atoms with Gasteiger partial charge >= 0.3 is 7.60 Å². The van der Waals surface area contributed by atoms with Gasteiger partial charge in [-0.25, -0.2) is 5.26 Å². The minimum absolute atomic E-state index is 0.0718. The average molecular weight is 174 g/mol. The Morgan fingerprint density at radius 2 is 1.82 bits per heavy atom. The van der Waals surface area contributed by atoms with Crippen molar-refractivity contribution >= 4 is 12.9 Å². The van der Waals surface area contributed by atoms with E-state index in [1.807, 2.05) is 0 Å². The fourth-order valence-corrected chi connectivity index (χ4v) is 1.31. The fourth-order valence-electron chi connectivity index (χ4n) is 0.664. The predicted molar refractivity (Wildman–Crippen MR) is 39.6 cm³/mol. The molecule has 1 atom stereocenters. The van der Waals surface area contributed by atoms with E-state index in [0.717, 1.165) is 0 Å². The smallest absolute Gasteiger partial charge is 0.319 e. The Morgan fingerprint density at radius 1 is 1.27 bits per heavy atom. The molecule has 0 aliphatic heterocycles. The average Bonchev–Trinajstić information content (AvgIpc) is 2.06. The quantitative estimate of drug-likeness (QED) is 0.398. The van der Waals surface area contributed by atoms with Crippen molar-refractivity contribution in [2.24, 2.45) is 0 Å². The summed E-state index contributed by atoms with van der Waals surface area (Å²) >= 11 is 0. The predicted octanol–water partition coefficient (Wildman–Crippen LogP) is 0.987. The van der Waals surface area contributed by atoms with Gasteiger partial charge in [0.2, 0.25) is 0 Å². The Bertz CT molecular complexity index is 271. The molecule has 0 aliphatic rings. The number of hydrogen-bond donors (Lipinski definition) is 2. The first kappa shape index (κ1) is 8.43.